The van der Waals surface area contributed by atoms with Crippen molar-refractivity contribution in [2.45, 2.75) is 6.54 Å². The van der Waals surface area contributed by atoms with Gasteiger partial charge in [-0.05, 0) is 42.0 Å². The number of hydrogen-bond acceptors (Lipinski definition) is 3. The lowest BCUT2D eigenvalue weighted by Gasteiger charge is -2.36. The Balaban J connectivity index is 1.31. The third kappa shape index (κ3) is 4.26. The summed E-state index contributed by atoms with van der Waals surface area (Å²) in [5, 5.41) is 2.96. The van der Waals surface area contributed by atoms with Crippen LogP contribution in [0.15, 0.2) is 72.9 Å². The van der Waals surface area contributed by atoms with E-state index in [1.54, 1.807) is 0 Å². The molecule has 2 heterocycles. The lowest BCUT2D eigenvalue weighted by atomic mass is 10.2. The molecule has 1 aliphatic rings. The summed E-state index contributed by atoms with van der Waals surface area (Å²) in [7, 11) is 1.87. The number of anilines is 2. The zero-order chi connectivity index (χ0) is 19.3. The molecule has 1 N–H and O–H groups in total. The summed E-state index contributed by atoms with van der Waals surface area (Å²) in [6.07, 6.45) is 1.87. The first kappa shape index (κ1) is 18.3. The average molecular weight is 374 g/mol. The summed E-state index contributed by atoms with van der Waals surface area (Å²) in [5.41, 5.74) is 4.04. The maximum absolute atomic E-state index is 12.3. The zero-order valence-corrected chi connectivity index (χ0v) is 16.2. The van der Waals surface area contributed by atoms with Gasteiger partial charge in [-0.15, -0.1) is 0 Å². The summed E-state index contributed by atoms with van der Waals surface area (Å²) in [5.74, 6) is -0.0882. The van der Waals surface area contributed by atoms with Crippen molar-refractivity contribution in [3.05, 3.63) is 84.2 Å². The Morgan fingerprint density at radius 1 is 0.893 bits per heavy atom. The van der Waals surface area contributed by atoms with Crippen LogP contribution in [-0.2, 0) is 13.6 Å². The minimum Gasteiger partial charge on any atom is -0.369 e. The molecule has 144 valence electrons. The number of carbonyl (C=O) groups excluding carboxylic acids is 1. The van der Waals surface area contributed by atoms with Crippen molar-refractivity contribution in [2.75, 3.05) is 36.4 Å². The zero-order valence-electron chi connectivity index (χ0n) is 16.2. The fourth-order valence-corrected chi connectivity index (χ4v) is 3.65. The maximum atomic E-state index is 12.3. The van der Waals surface area contributed by atoms with Crippen molar-refractivity contribution < 1.29 is 4.79 Å². The standard InChI is InChI=1S/C23H26N4O/c1-25-13-5-8-22(25)23(28)24-20-9-11-21(12-10-20)27-16-14-26(15-17-27)18-19-6-3-2-4-7-19/h2-13H,14-18H2,1H3,(H,24,28). The Morgan fingerprint density at radius 3 is 2.25 bits per heavy atom. The number of amides is 1. The second kappa shape index (κ2) is 8.31. The van der Waals surface area contributed by atoms with Crippen LogP contribution in [0.2, 0.25) is 0 Å². The van der Waals surface area contributed by atoms with E-state index in [1.165, 1.54) is 11.3 Å². The first-order valence-corrected chi connectivity index (χ1v) is 9.73. The summed E-state index contributed by atoms with van der Waals surface area (Å²) >= 11 is 0. The molecule has 0 unspecified atom stereocenters. The van der Waals surface area contributed by atoms with Gasteiger partial charge in [-0.1, -0.05) is 30.3 Å². The summed E-state index contributed by atoms with van der Waals surface area (Å²) in [6.45, 7) is 5.16. The van der Waals surface area contributed by atoms with E-state index in [0.29, 0.717) is 5.69 Å². The number of carbonyl (C=O) groups is 1. The number of aromatic nitrogens is 1. The van der Waals surface area contributed by atoms with Crippen molar-refractivity contribution >= 4 is 17.3 Å². The number of rotatable bonds is 5. The molecule has 1 aliphatic heterocycles. The van der Waals surface area contributed by atoms with E-state index < -0.39 is 0 Å². The van der Waals surface area contributed by atoms with Crippen LogP contribution in [0.5, 0.6) is 0 Å². The number of hydrogen-bond donors (Lipinski definition) is 1. The second-order valence-electron chi connectivity index (χ2n) is 7.25. The number of nitrogens with one attached hydrogen (secondary N) is 1. The maximum Gasteiger partial charge on any atom is 0.272 e. The largest absolute Gasteiger partial charge is 0.369 e. The molecule has 0 spiro atoms. The average Bonchev–Trinajstić information content (AvgIpc) is 3.16. The fraction of sp³-hybridized carbons (Fsp3) is 0.261. The Hall–Kier alpha value is -3.05. The van der Waals surface area contributed by atoms with Gasteiger partial charge in [-0.3, -0.25) is 9.69 Å². The number of benzene rings is 2. The molecule has 0 aliphatic carbocycles. The van der Waals surface area contributed by atoms with Gasteiger partial charge in [0.2, 0.25) is 0 Å². The lowest BCUT2D eigenvalue weighted by Crippen LogP contribution is -2.45. The van der Waals surface area contributed by atoms with Gasteiger partial charge in [0, 0.05) is 57.3 Å². The van der Waals surface area contributed by atoms with Crippen molar-refractivity contribution in [1.82, 2.24) is 9.47 Å². The molecule has 5 nitrogen and oxygen atoms in total. The molecule has 3 aromatic rings. The van der Waals surface area contributed by atoms with Crippen LogP contribution in [0.1, 0.15) is 16.1 Å². The highest BCUT2D eigenvalue weighted by molar-refractivity contribution is 6.03. The van der Waals surface area contributed by atoms with Crippen LogP contribution in [0, 0.1) is 0 Å². The number of nitrogens with zero attached hydrogens (tertiary/aromatic N) is 3. The molecule has 2 aromatic carbocycles. The van der Waals surface area contributed by atoms with Gasteiger partial charge in [0.05, 0.1) is 0 Å². The molecule has 4 rings (SSSR count). The van der Waals surface area contributed by atoms with Gasteiger partial charge in [0.15, 0.2) is 0 Å². The summed E-state index contributed by atoms with van der Waals surface area (Å²) in [4.78, 5) is 17.2. The Labute approximate surface area is 166 Å². The third-order valence-corrected chi connectivity index (χ3v) is 5.29. The Kier molecular flexibility index (Phi) is 5.44. The van der Waals surface area contributed by atoms with E-state index in [1.807, 2.05) is 42.1 Å². The van der Waals surface area contributed by atoms with E-state index in [9.17, 15) is 4.79 Å². The lowest BCUT2D eigenvalue weighted by molar-refractivity contribution is 0.101. The minimum absolute atomic E-state index is 0.0882. The van der Waals surface area contributed by atoms with Gasteiger partial charge in [0.25, 0.3) is 5.91 Å². The van der Waals surface area contributed by atoms with Crippen molar-refractivity contribution in [1.29, 1.82) is 0 Å². The molecule has 0 bridgehead atoms. The number of aryl methyl sites for hydroxylation is 1. The molecule has 0 saturated carbocycles. The molecule has 5 heteroatoms. The predicted octanol–water partition coefficient (Wildman–Crippen LogP) is 3.60. The van der Waals surface area contributed by atoms with Crippen LogP contribution in [0.3, 0.4) is 0 Å². The van der Waals surface area contributed by atoms with E-state index >= 15 is 0 Å². The number of piperazine rings is 1. The molecule has 1 saturated heterocycles. The topological polar surface area (TPSA) is 40.5 Å². The molecule has 1 aromatic heterocycles. The SMILES string of the molecule is Cn1cccc1C(=O)Nc1ccc(N2CCN(Cc3ccccc3)CC2)cc1. The molecule has 1 amide bonds. The van der Waals surface area contributed by atoms with Crippen LogP contribution < -0.4 is 10.2 Å². The monoisotopic (exact) mass is 374 g/mol. The van der Waals surface area contributed by atoms with Crippen LogP contribution in [-0.4, -0.2) is 41.6 Å². The molecular weight excluding hydrogens is 348 g/mol. The Bertz CT molecular complexity index is 909. The van der Waals surface area contributed by atoms with Crippen molar-refractivity contribution in [2.24, 2.45) is 7.05 Å². The molecular formula is C23H26N4O. The van der Waals surface area contributed by atoms with E-state index in [4.69, 9.17) is 0 Å². The van der Waals surface area contributed by atoms with Gasteiger partial charge < -0.3 is 14.8 Å². The van der Waals surface area contributed by atoms with Gasteiger partial charge in [-0.25, -0.2) is 0 Å². The normalized spacial score (nSPS) is 14.8. The second-order valence-corrected chi connectivity index (χ2v) is 7.25. The van der Waals surface area contributed by atoms with Crippen molar-refractivity contribution in [3.63, 3.8) is 0 Å². The van der Waals surface area contributed by atoms with E-state index in [-0.39, 0.29) is 5.91 Å². The van der Waals surface area contributed by atoms with Gasteiger partial charge in [0.1, 0.15) is 5.69 Å². The van der Waals surface area contributed by atoms with Gasteiger partial charge >= 0.3 is 0 Å². The van der Waals surface area contributed by atoms with Crippen LogP contribution in [0.4, 0.5) is 11.4 Å². The molecule has 0 atom stereocenters. The summed E-state index contributed by atoms with van der Waals surface area (Å²) < 4.78 is 1.82. The van der Waals surface area contributed by atoms with E-state index in [2.05, 4.69) is 57.6 Å². The van der Waals surface area contributed by atoms with Crippen LogP contribution in [0.25, 0.3) is 0 Å². The molecule has 28 heavy (non-hydrogen) atoms. The van der Waals surface area contributed by atoms with Crippen LogP contribution >= 0.6 is 0 Å². The highest BCUT2D eigenvalue weighted by Crippen LogP contribution is 2.20. The Morgan fingerprint density at radius 2 is 1.61 bits per heavy atom. The highest BCUT2D eigenvalue weighted by Gasteiger charge is 2.17. The van der Waals surface area contributed by atoms with Gasteiger partial charge in [-0.2, -0.15) is 0 Å². The third-order valence-electron chi connectivity index (χ3n) is 5.29. The van der Waals surface area contributed by atoms with E-state index in [0.717, 1.165) is 38.4 Å². The summed E-state index contributed by atoms with van der Waals surface area (Å²) in [6, 6.07) is 22.5. The fourth-order valence-electron chi connectivity index (χ4n) is 3.65. The predicted molar refractivity (Wildman–Crippen MR) is 114 cm³/mol. The smallest absolute Gasteiger partial charge is 0.272 e. The minimum atomic E-state index is -0.0882. The highest BCUT2D eigenvalue weighted by atomic mass is 16.1. The quantitative estimate of drug-likeness (QED) is 0.742. The molecule has 1 fully saturated rings. The molecule has 0 radical (unpaired) electrons. The van der Waals surface area contributed by atoms with Crippen molar-refractivity contribution in [3.8, 4) is 0 Å². The first-order valence-electron chi connectivity index (χ1n) is 9.73. The first-order chi connectivity index (χ1) is 13.7.